The van der Waals surface area contributed by atoms with Gasteiger partial charge in [-0.1, -0.05) is 13.3 Å². The average Bonchev–Trinajstić information content (AvgIpc) is 2.69. The van der Waals surface area contributed by atoms with Gasteiger partial charge in [0.25, 0.3) is 0 Å². The third-order valence-electron chi connectivity index (χ3n) is 4.37. The van der Waals surface area contributed by atoms with E-state index in [0.29, 0.717) is 12.1 Å². The van der Waals surface area contributed by atoms with Crippen molar-refractivity contribution in [1.29, 1.82) is 0 Å². The number of rotatable bonds is 6. The second-order valence-corrected chi connectivity index (χ2v) is 5.73. The molecular formula is C14H27NO2. The predicted molar refractivity (Wildman–Crippen MR) is 69.1 cm³/mol. The largest absolute Gasteiger partial charge is 0.377 e. The molecule has 100 valence electrons. The van der Waals surface area contributed by atoms with Crippen molar-refractivity contribution in [2.45, 2.75) is 57.8 Å². The quantitative estimate of drug-likeness (QED) is 0.773. The molecular weight excluding hydrogens is 214 g/mol. The number of nitrogens with one attached hydrogen (secondary N) is 1. The molecule has 2 fully saturated rings. The lowest BCUT2D eigenvalue weighted by Gasteiger charge is -2.43. The van der Waals surface area contributed by atoms with E-state index >= 15 is 0 Å². The van der Waals surface area contributed by atoms with Crippen molar-refractivity contribution in [3.05, 3.63) is 0 Å². The highest BCUT2D eigenvalue weighted by atomic mass is 16.5. The second-order valence-electron chi connectivity index (χ2n) is 5.73. The van der Waals surface area contributed by atoms with E-state index in [1.807, 2.05) is 6.92 Å². The van der Waals surface area contributed by atoms with Crippen LogP contribution in [-0.2, 0) is 9.47 Å². The highest BCUT2D eigenvalue weighted by molar-refractivity contribution is 4.97. The van der Waals surface area contributed by atoms with Crippen molar-refractivity contribution < 1.29 is 9.47 Å². The van der Waals surface area contributed by atoms with Crippen molar-refractivity contribution >= 4 is 0 Å². The molecule has 0 heterocycles. The first-order chi connectivity index (χ1) is 8.24. The van der Waals surface area contributed by atoms with Crippen LogP contribution in [-0.4, -0.2) is 38.5 Å². The van der Waals surface area contributed by atoms with Crippen LogP contribution in [0.3, 0.4) is 0 Å². The van der Waals surface area contributed by atoms with Crippen LogP contribution in [0.15, 0.2) is 0 Å². The summed E-state index contributed by atoms with van der Waals surface area (Å²) >= 11 is 0. The maximum absolute atomic E-state index is 5.64. The Kier molecular flexibility index (Phi) is 4.83. The summed E-state index contributed by atoms with van der Waals surface area (Å²) in [5.74, 6) is 1.81. The Balaban J connectivity index is 1.66. The fourth-order valence-corrected chi connectivity index (χ4v) is 3.30. The van der Waals surface area contributed by atoms with E-state index in [4.69, 9.17) is 9.47 Å². The van der Waals surface area contributed by atoms with Gasteiger partial charge in [0.15, 0.2) is 0 Å². The summed E-state index contributed by atoms with van der Waals surface area (Å²) in [6, 6.07) is 0.507. The number of hydrogen-bond acceptors (Lipinski definition) is 3. The number of hydrogen-bond donors (Lipinski definition) is 1. The summed E-state index contributed by atoms with van der Waals surface area (Å²) in [4.78, 5) is 0. The summed E-state index contributed by atoms with van der Waals surface area (Å²) in [5, 5.41) is 3.67. The van der Waals surface area contributed by atoms with Crippen LogP contribution >= 0.6 is 0 Å². The molecule has 2 aliphatic rings. The van der Waals surface area contributed by atoms with Crippen LogP contribution < -0.4 is 5.32 Å². The molecule has 0 radical (unpaired) electrons. The Hall–Kier alpha value is -0.120. The van der Waals surface area contributed by atoms with Crippen LogP contribution in [0.5, 0.6) is 0 Å². The zero-order valence-electron chi connectivity index (χ0n) is 11.4. The van der Waals surface area contributed by atoms with Crippen molar-refractivity contribution in [2.24, 2.45) is 11.8 Å². The van der Waals surface area contributed by atoms with Gasteiger partial charge in [0.2, 0.25) is 0 Å². The topological polar surface area (TPSA) is 30.5 Å². The Bertz CT molecular complexity index is 234. The average molecular weight is 241 g/mol. The number of ether oxygens (including phenoxy) is 2. The molecule has 5 atom stereocenters. The monoisotopic (exact) mass is 241 g/mol. The van der Waals surface area contributed by atoms with E-state index in [-0.39, 0.29) is 6.10 Å². The van der Waals surface area contributed by atoms with Gasteiger partial charge in [0.1, 0.15) is 0 Å². The van der Waals surface area contributed by atoms with E-state index in [9.17, 15) is 0 Å². The molecule has 2 rings (SSSR count). The van der Waals surface area contributed by atoms with E-state index in [1.54, 1.807) is 7.11 Å². The normalized spacial score (nSPS) is 41.5. The zero-order chi connectivity index (χ0) is 12.3. The minimum absolute atomic E-state index is 0.258. The first kappa shape index (κ1) is 13.3. The molecule has 3 heteroatoms. The molecule has 2 aliphatic carbocycles. The van der Waals surface area contributed by atoms with Crippen LogP contribution in [0.4, 0.5) is 0 Å². The maximum atomic E-state index is 5.64. The first-order valence-corrected chi connectivity index (χ1v) is 7.12. The standard InChI is InChI=1S/C14H27NO2/c1-4-17-13-8-12(14(13)16-3)15-9-11-6-5-10(2)7-11/h10-15H,4-9H2,1-3H3. The molecule has 1 N–H and O–H groups in total. The minimum Gasteiger partial charge on any atom is -0.377 e. The van der Waals surface area contributed by atoms with Crippen LogP contribution in [0, 0.1) is 11.8 Å². The molecule has 17 heavy (non-hydrogen) atoms. The molecule has 0 aromatic rings. The van der Waals surface area contributed by atoms with Crippen molar-refractivity contribution in [3.8, 4) is 0 Å². The summed E-state index contributed by atoms with van der Waals surface area (Å²) in [5.41, 5.74) is 0. The SMILES string of the molecule is CCOC1CC(NCC2CCC(C)C2)C1OC. The predicted octanol–water partition coefficient (Wildman–Crippen LogP) is 2.20. The van der Waals surface area contributed by atoms with Crippen molar-refractivity contribution in [2.75, 3.05) is 20.3 Å². The van der Waals surface area contributed by atoms with E-state index in [0.717, 1.165) is 31.4 Å². The molecule has 2 saturated carbocycles. The lowest BCUT2D eigenvalue weighted by atomic mass is 9.84. The summed E-state index contributed by atoms with van der Waals surface area (Å²) in [6.07, 6.45) is 5.87. The molecule has 0 aliphatic heterocycles. The minimum atomic E-state index is 0.258. The molecule has 5 unspecified atom stereocenters. The van der Waals surface area contributed by atoms with E-state index < -0.39 is 0 Å². The molecule has 0 bridgehead atoms. The molecule has 0 aromatic carbocycles. The van der Waals surface area contributed by atoms with Crippen molar-refractivity contribution in [1.82, 2.24) is 5.32 Å². The first-order valence-electron chi connectivity index (χ1n) is 7.12. The molecule has 0 amide bonds. The van der Waals surface area contributed by atoms with Crippen LogP contribution in [0.1, 0.15) is 39.5 Å². The van der Waals surface area contributed by atoms with Gasteiger partial charge in [-0.2, -0.15) is 0 Å². The molecule has 0 saturated heterocycles. The van der Waals surface area contributed by atoms with Gasteiger partial charge in [-0.05, 0) is 44.6 Å². The van der Waals surface area contributed by atoms with E-state index in [2.05, 4.69) is 12.2 Å². The Morgan fingerprint density at radius 3 is 2.65 bits per heavy atom. The maximum Gasteiger partial charge on any atom is 0.0986 e. The zero-order valence-corrected chi connectivity index (χ0v) is 11.4. The summed E-state index contributed by atoms with van der Waals surface area (Å²) in [7, 11) is 1.79. The summed E-state index contributed by atoms with van der Waals surface area (Å²) in [6.45, 7) is 6.37. The van der Waals surface area contributed by atoms with Gasteiger partial charge >= 0.3 is 0 Å². The van der Waals surface area contributed by atoms with Gasteiger partial charge in [0.05, 0.1) is 12.2 Å². The summed E-state index contributed by atoms with van der Waals surface area (Å²) < 4.78 is 11.1. The van der Waals surface area contributed by atoms with Crippen LogP contribution in [0.2, 0.25) is 0 Å². The van der Waals surface area contributed by atoms with Gasteiger partial charge in [-0.3, -0.25) is 0 Å². The lowest BCUT2D eigenvalue weighted by molar-refractivity contribution is -0.131. The number of methoxy groups -OCH3 is 1. The molecule has 3 nitrogen and oxygen atoms in total. The Morgan fingerprint density at radius 2 is 2.06 bits per heavy atom. The lowest BCUT2D eigenvalue weighted by Crippen LogP contribution is -2.60. The molecule has 0 aromatic heterocycles. The van der Waals surface area contributed by atoms with Gasteiger partial charge in [-0.15, -0.1) is 0 Å². The highest BCUT2D eigenvalue weighted by Gasteiger charge is 2.42. The third-order valence-corrected chi connectivity index (χ3v) is 4.37. The fraction of sp³-hybridized carbons (Fsp3) is 1.00. The molecule has 0 spiro atoms. The Morgan fingerprint density at radius 1 is 1.24 bits per heavy atom. The van der Waals surface area contributed by atoms with Crippen LogP contribution in [0.25, 0.3) is 0 Å². The van der Waals surface area contributed by atoms with Gasteiger partial charge in [-0.25, -0.2) is 0 Å². The van der Waals surface area contributed by atoms with E-state index in [1.165, 1.54) is 19.3 Å². The highest BCUT2D eigenvalue weighted by Crippen LogP contribution is 2.31. The van der Waals surface area contributed by atoms with Gasteiger partial charge < -0.3 is 14.8 Å². The second kappa shape index (κ2) is 6.17. The smallest absolute Gasteiger partial charge is 0.0986 e. The van der Waals surface area contributed by atoms with Gasteiger partial charge in [0, 0.05) is 19.8 Å². The Labute approximate surface area is 105 Å². The third kappa shape index (κ3) is 3.21. The van der Waals surface area contributed by atoms with Crippen molar-refractivity contribution in [3.63, 3.8) is 0 Å². The fourth-order valence-electron chi connectivity index (χ4n) is 3.30.